The molecule has 1 aliphatic rings. The fourth-order valence-corrected chi connectivity index (χ4v) is 2.03. The Kier molecular flexibility index (Phi) is 3.99. The second-order valence-corrected chi connectivity index (χ2v) is 4.09. The van der Waals surface area contributed by atoms with Gasteiger partial charge in [0, 0.05) is 25.5 Å². The number of ether oxygens (including phenoxy) is 3. The molecule has 4 nitrogen and oxygen atoms in total. The quantitative estimate of drug-likeness (QED) is 0.456. The fourth-order valence-electron chi connectivity index (χ4n) is 2.03. The van der Waals surface area contributed by atoms with Crippen LogP contribution >= 0.6 is 0 Å². The van der Waals surface area contributed by atoms with E-state index in [4.69, 9.17) is 14.2 Å². The van der Waals surface area contributed by atoms with E-state index in [1.165, 1.54) is 0 Å². The largest absolute Gasteiger partial charge is 0.467 e. The second-order valence-electron chi connectivity index (χ2n) is 4.09. The number of esters is 1. The highest BCUT2D eigenvalue weighted by Crippen LogP contribution is 2.30. The summed E-state index contributed by atoms with van der Waals surface area (Å²) >= 11 is 0. The van der Waals surface area contributed by atoms with Crippen LogP contribution in [0.15, 0.2) is 30.9 Å². The maximum absolute atomic E-state index is 11.9. The third kappa shape index (κ3) is 2.54. The maximum atomic E-state index is 11.9. The highest BCUT2D eigenvalue weighted by Gasteiger charge is 2.27. The summed E-state index contributed by atoms with van der Waals surface area (Å²) < 4.78 is 15.7. The van der Waals surface area contributed by atoms with Gasteiger partial charge in [0.15, 0.2) is 6.79 Å². The van der Waals surface area contributed by atoms with Gasteiger partial charge in [0.05, 0.1) is 5.56 Å². The van der Waals surface area contributed by atoms with Crippen molar-refractivity contribution >= 4 is 5.97 Å². The number of benzene rings is 1. The standard InChI is InChI=1S/C14H16O4/c1-3-5-10-8-12-11(14(15)18-10)6-4-7-13(12)17-9-16-2/h3-4,6-7,10H,1,5,8-9H2,2H3/t10-/m0/s1. The Bertz CT molecular complexity index is 453. The van der Waals surface area contributed by atoms with Crippen LogP contribution in [0.2, 0.25) is 0 Å². The van der Waals surface area contributed by atoms with Crippen LogP contribution in [0.3, 0.4) is 0 Å². The number of fused-ring (bicyclic) bond motifs is 1. The lowest BCUT2D eigenvalue weighted by molar-refractivity contribution is 0.0243. The summed E-state index contributed by atoms with van der Waals surface area (Å²) in [6.07, 6.45) is 2.88. The lowest BCUT2D eigenvalue weighted by Gasteiger charge is -2.25. The van der Waals surface area contributed by atoms with E-state index in [1.807, 2.05) is 6.07 Å². The van der Waals surface area contributed by atoms with Gasteiger partial charge in [0.1, 0.15) is 11.9 Å². The molecule has 0 N–H and O–H groups in total. The molecule has 0 aromatic heterocycles. The molecule has 1 atom stereocenters. The molecule has 1 aromatic rings. The number of rotatable bonds is 5. The van der Waals surface area contributed by atoms with Crippen LogP contribution in [-0.2, 0) is 15.9 Å². The van der Waals surface area contributed by atoms with Crippen LogP contribution < -0.4 is 4.74 Å². The van der Waals surface area contributed by atoms with Crippen molar-refractivity contribution in [3.63, 3.8) is 0 Å². The summed E-state index contributed by atoms with van der Waals surface area (Å²) in [5.41, 5.74) is 1.46. The molecule has 0 saturated carbocycles. The summed E-state index contributed by atoms with van der Waals surface area (Å²) in [5, 5.41) is 0. The first kappa shape index (κ1) is 12.6. The Morgan fingerprint density at radius 2 is 2.39 bits per heavy atom. The molecule has 1 aliphatic heterocycles. The minimum absolute atomic E-state index is 0.158. The number of carbonyl (C=O) groups is 1. The van der Waals surface area contributed by atoms with Crippen molar-refractivity contribution in [3.8, 4) is 5.75 Å². The van der Waals surface area contributed by atoms with Gasteiger partial charge in [-0.05, 0) is 12.1 Å². The Balaban J connectivity index is 2.28. The number of hydrogen-bond acceptors (Lipinski definition) is 4. The van der Waals surface area contributed by atoms with Gasteiger partial charge in [-0.15, -0.1) is 6.58 Å². The van der Waals surface area contributed by atoms with Crippen LogP contribution in [-0.4, -0.2) is 26.0 Å². The van der Waals surface area contributed by atoms with Crippen molar-refractivity contribution in [3.05, 3.63) is 42.0 Å². The molecule has 0 fully saturated rings. The molecule has 1 heterocycles. The van der Waals surface area contributed by atoms with Crippen molar-refractivity contribution in [2.75, 3.05) is 13.9 Å². The molecule has 0 amide bonds. The zero-order valence-corrected chi connectivity index (χ0v) is 10.3. The first-order chi connectivity index (χ1) is 8.76. The lowest BCUT2D eigenvalue weighted by atomic mass is 9.96. The summed E-state index contributed by atoms with van der Waals surface area (Å²) in [4.78, 5) is 11.9. The zero-order chi connectivity index (χ0) is 13.0. The van der Waals surface area contributed by atoms with E-state index in [-0.39, 0.29) is 18.9 Å². The Morgan fingerprint density at radius 1 is 1.56 bits per heavy atom. The highest BCUT2D eigenvalue weighted by molar-refractivity contribution is 5.93. The van der Waals surface area contributed by atoms with Crippen molar-refractivity contribution in [1.29, 1.82) is 0 Å². The number of cyclic esters (lactones) is 1. The van der Waals surface area contributed by atoms with E-state index in [9.17, 15) is 4.79 Å². The van der Waals surface area contributed by atoms with E-state index in [1.54, 1.807) is 25.3 Å². The van der Waals surface area contributed by atoms with Gasteiger partial charge in [0.25, 0.3) is 0 Å². The van der Waals surface area contributed by atoms with Gasteiger partial charge in [-0.1, -0.05) is 12.1 Å². The SMILES string of the molecule is C=CC[C@H]1Cc2c(OCOC)cccc2C(=O)O1. The topological polar surface area (TPSA) is 44.8 Å². The number of methoxy groups -OCH3 is 1. The van der Waals surface area contributed by atoms with Gasteiger partial charge < -0.3 is 14.2 Å². The van der Waals surface area contributed by atoms with Crippen molar-refractivity contribution < 1.29 is 19.0 Å². The van der Waals surface area contributed by atoms with Crippen LogP contribution in [0.4, 0.5) is 0 Å². The molecule has 0 spiro atoms. The highest BCUT2D eigenvalue weighted by atomic mass is 16.7. The number of hydrogen-bond donors (Lipinski definition) is 0. The van der Waals surface area contributed by atoms with E-state index in [2.05, 4.69) is 6.58 Å². The summed E-state index contributed by atoms with van der Waals surface area (Å²) in [5.74, 6) is 0.381. The van der Waals surface area contributed by atoms with Crippen LogP contribution in [0.5, 0.6) is 5.75 Å². The first-order valence-electron chi connectivity index (χ1n) is 5.81. The minimum Gasteiger partial charge on any atom is -0.467 e. The summed E-state index contributed by atoms with van der Waals surface area (Å²) in [6.45, 7) is 3.83. The Hall–Kier alpha value is -1.81. The molecule has 2 rings (SSSR count). The van der Waals surface area contributed by atoms with E-state index in [0.717, 1.165) is 5.56 Å². The molecular formula is C14H16O4. The smallest absolute Gasteiger partial charge is 0.338 e. The fraction of sp³-hybridized carbons (Fsp3) is 0.357. The minimum atomic E-state index is -0.300. The third-order valence-corrected chi connectivity index (χ3v) is 2.82. The lowest BCUT2D eigenvalue weighted by Crippen LogP contribution is -2.27. The molecular weight excluding hydrogens is 232 g/mol. The van der Waals surface area contributed by atoms with Gasteiger partial charge in [-0.25, -0.2) is 4.79 Å². The molecule has 96 valence electrons. The summed E-state index contributed by atoms with van der Waals surface area (Å²) in [7, 11) is 1.56. The average molecular weight is 248 g/mol. The third-order valence-electron chi connectivity index (χ3n) is 2.82. The first-order valence-corrected chi connectivity index (χ1v) is 5.81. The van der Waals surface area contributed by atoms with Crippen molar-refractivity contribution in [1.82, 2.24) is 0 Å². The van der Waals surface area contributed by atoms with Crippen molar-refractivity contribution in [2.45, 2.75) is 18.9 Å². The molecule has 0 bridgehead atoms. The predicted octanol–water partition coefficient (Wildman–Crippen LogP) is 2.33. The second kappa shape index (κ2) is 5.69. The molecule has 0 radical (unpaired) electrons. The van der Waals surface area contributed by atoms with Gasteiger partial charge >= 0.3 is 5.97 Å². The Labute approximate surface area is 106 Å². The number of carbonyl (C=O) groups excluding carboxylic acids is 1. The Morgan fingerprint density at radius 3 is 3.11 bits per heavy atom. The summed E-state index contributed by atoms with van der Waals surface area (Å²) in [6, 6.07) is 5.36. The van der Waals surface area contributed by atoms with E-state index >= 15 is 0 Å². The molecule has 18 heavy (non-hydrogen) atoms. The van der Waals surface area contributed by atoms with Crippen LogP contribution in [0.25, 0.3) is 0 Å². The molecule has 0 saturated heterocycles. The van der Waals surface area contributed by atoms with Crippen molar-refractivity contribution in [2.24, 2.45) is 0 Å². The normalized spacial score (nSPS) is 17.8. The molecule has 4 heteroatoms. The van der Waals surface area contributed by atoms with E-state index < -0.39 is 0 Å². The zero-order valence-electron chi connectivity index (χ0n) is 10.3. The predicted molar refractivity (Wildman–Crippen MR) is 66.7 cm³/mol. The maximum Gasteiger partial charge on any atom is 0.338 e. The molecule has 1 aromatic carbocycles. The average Bonchev–Trinajstić information content (AvgIpc) is 2.37. The van der Waals surface area contributed by atoms with Gasteiger partial charge in [-0.2, -0.15) is 0 Å². The van der Waals surface area contributed by atoms with Crippen LogP contribution in [0.1, 0.15) is 22.3 Å². The molecule has 0 unspecified atom stereocenters. The van der Waals surface area contributed by atoms with Crippen LogP contribution in [0, 0.1) is 0 Å². The molecule has 0 aliphatic carbocycles. The van der Waals surface area contributed by atoms with Gasteiger partial charge in [0.2, 0.25) is 0 Å². The monoisotopic (exact) mass is 248 g/mol. The van der Waals surface area contributed by atoms with Gasteiger partial charge in [-0.3, -0.25) is 0 Å². The van der Waals surface area contributed by atoms with E-state index in [0.29, 0.717) is 24.2 Å².